The van der Waals surface area contributed by atoms with E-state index < -0.39 is 18.0 Å². The van der Waals surface area contributed by atoms with Crippen LogP contribution < -0.4 is 5.32 Å². The molecule has 14 heteroatoms. The Labute approximate surface area is 217 Å². The number of aromatic nitrogens is 4. The Bertz CT molecular complexity index is 1130. The summed E-state index contributed by atoms with van der Waals surface area (Å²) in [6, 6.07) is -0.680. The lowest BCUT2D eigenvalue weighted by molar-refractivity contribution is -0.160. The van der Waals surface area contributed by atoms with Crippen LogP contribution in [-0.4, -0.2) is 107 Å². The number of nitrogens with one attached hydrogen (secondary N) is 1. The molecular weight excluding hydrogens is 502 g/mol. The highest BCUT2D eigenvalue weighted by Crippen LogP contribution is 2.53. The van der Waals surface area contributed by atoms with Crippen LogP contribution in [0.15, 0.2) is 16.9 Å². The number of likely N-dealkylation sites (tertiary alicyclic amines) is 1. The molecule has 0 unspecified atom stereocenters. The molecule has 5 heterocycles. The molecule has 2 amide bonds. The van der Waals surface area contributed by atoms with Gasteiger partial charge in [0.15, 0.2) is 5.78 Å². The Hall–Kier alpha value is -2.84. The summed E-state index contributed by atoms with van der Waals surface area (Å²) in [5.41, 5.74) is 0.0217. The predicted molar refractivity (Wildman–Crippen MR) is 130 cm³/mol. The van der Waals surface area contributed by atoms with Crippen molar-refractivity contribution in [3.63, 3.8) is 0 Å². The molecule has 37 heavy (non-hydrogen) atoms. The third-order valence-corrected chi connectivity index (χ3v) is 9.35. The highest BCUT2D eigenvalue weighted by molar-refractivity contribution is 8.03. The van der Waals surface area contributed by atoms with Crippen LogP contribution in [0.2, 0.25) is 0 Å². The highest BCUT2D eigenvalue weighted by Gasteiger charge is 2.60. The normalized spacial score (nSPS) is 32.0. The first-order valence-corrected chi connectivity index (χ1v) is 13.4. The van der Waals surface area contributed by atoms with E-state index in [4.69, 9.17) is 0 Å². The molecule has 0 radical (unpaired) electrons. The second kappa shape index (κ2) is 10.1. The lowest BCUT2D eigenvalue weighted by Gasteiger charge is -2.47. The number of carboxylic acids is 1. The van der Waals surface area contributed by atoms with Crippen molar-refractivity contribution in [2.75, 3.05) is 19.6 Å². The molecule has 0 aliphatic carbocycles. The van der Waals surface area contributed by atoms with Gasteiger partial charge in [-0.3, -0.25) is 14.4 Å². The van der Waals surface area contributed by atoms with Crippen LogP contribution in [0.3, 0.4) is 0 Å². The molecule has 0 spiro atoms. The molecule has 1 aromatic rings. The SMILES string of the molecule is C[C@@H](CC(=O)Cn1cnnn1)[C@H]1C(=O)N2C(C(=O)O)=C(S[C@@H]3CN[C@H](C(=O)N4CC[C@@H](O)C4)C3)[C@H](C)[C@H]12. The van der Waals surface area contributed by atoms with Gasteiger partial charge in [-0.2, -0.15) is 0 Å². The van der Waals surface area contributed by atoms with Crippen molar-refractivity contribution in [1.82, 2.24) is 35.3 Å². The fourth-order valence-corrected chi connectivity index (χ4v) is 7.55. The Morgan fingerprint density at radius 3 is 2.76 bits per heavy atom. The average Bonchev–Trinajstić information content (AvgIpc) is 3.63. The van der Waals surface area contributed by atoms with Gasteiger partial charge in [0, 0.05) is 42.1 Å². The minimum absolute atomic E-state index is 0.0178. The Balaban J connectivity index is 1.23. The van der Waals surface area contributed by atoms with Crippen molar-refractivity contribution in [3.8, 4) is 0 Å². The average molecular weight is 534 g/mol. The van der Waals surface area contributed by atoms with Crippen LogP contribution in [-0.2, 0) is 25.7 Å². The maximum absolute atomic E-state index is 13.1. The van der Waals surface area contributed by atoms with E-state index in [-0.39, 0.29) is 65.4 Å². The largest absolute Gasteiger partial charge is 0.477 e. The molecule has 3 saturated heterocycles. The summed E-state index contributed by atoms with van der Waals surface area (Å²) in [5.74, 6) is -2.45. The monoisotopic (exact) mass is 533 g/mol. The molecule has 4 aliphatic rings. The molecular formula is C23H31N7O6S. The Morgan fingerprint density at radius 1 is 1.32 bits per heavy atom. The topological polar surface area (TPSA) is 171 Å². The van der Waals surface area contributed by atoms with Crippen LogP contribution in [0, 0.1) is 17.8 Å². The third kappa shape index (κ3) is 4.77. The number of carbonyl (C=O) groups is 4. The number of hydrogen-bond donors (Lipinski definition) is 3. The number of thioether (sulfide) groups is 1. The summed E-state index contributed by atoms with van der Waals surface area (Å²) in [4.78, 5) is 54.4. The molecule has 200 valence electrons. The fourth-order valence-electron chi connectivity index (χ4n) is 6.07. The number of ketones is 1. The van der Waals surface area contributed by atoms with Crippen LogP contribution >= 0.6 is 11.8 Å². The maximum atomic E-state index is 13.1. The van der Waals surface area contributed by atoms with Crippen molar-refractivity contribution < 1.29 is 29.4 Å². The number of fused-ring (bicyclic) bond motifs is 1. The van der Waals surface area contributed by atoms with Crippen molar-refractivity contribution in [2.45, 2.75) is 63.1 Å². The van der Waals surface area contributed by atoms with Crippen molar-refractivity contribution in [2.24, 2.45) is 17.8 Å². The van der Waals surface area contributed by atoms with Gasteiger partial charge in [0.1, 0.15) is 18.6 Å². The van der Waals surface area contributed by atoms with Gasteiger partial charge in [-0.1, -0.05) is 13.8 Å². The van der Waals surface area contributed by atoms with Crippen molar-refractivity contribution in [3.05, 3.63) is 16.9 Å². The van der Waals surface area contributed by atoms with Crippen LogP contribution in [0.4, 0.5) is 0 Å². The zero-order chi connectivity index (χ0) is 26.4. The molecule has 3 N–H and O–H groups in total. The molecule has 0 aromatic carbocycles. The highest BCUT2D eigenvalue weighted by atomic mass is 32.2. The standard InChI is InChI=1S/C23H31N7O6S/c1-11(5-14(32)9-29-10-25-26-27-29)17-18-12(2)20(19(23(35)36)30(18)22(17)34)37-15-6-16(24-7-15)21(33)28-4-3-13(31)8-28/h10-13,15-18,24,31H,3-9H2,1-2H3,(H,35,36)/t11-,12+,13+,15-,16-,17+,18+/m0/s1. The first kappa shape index (κ1) is 25.8. The quantitative estimate of drug-likeness (QED) is 0.336. The number of aliphatic hydroxyl groups excluding tert-OH is 1. The Kier molecular flexibility index (Phi) is 7.07. The van der Waals surface area contributed by atoms with E-state index in [9.17, 15) is 29.4 Å². The van der Waals surface area contributed by atoms with Gasteiger partial charge in [-0.05, 0) is 29.2 Å². The summed E-state index contributed by atoms with van der Waals surface area (Å²) < 4.78 is 1.33. The first-order valence-electron chi connectivity index (χ1n) is 12.6. The minimum Gasteiger partial charge on any atom is -0.477 e. The van der Waals surface area contributed by atoms with E-state index in [2.05, 4.69) is 20.8 Å². The van der Waals surface area contributed by atoms with Gasteiger partial charge in [-0.25, -0.2) is 9.48 Å². The summed E-state index contributed by atoms with van der Waals surface area (Å²) in [5, 5.41) is 33.7. The molecule has 7 atom stereocenters. The van der Waals surface area contributed by atoms with E-state index in [0.717, 1.165) is 0 Å². The van der Waals surface area contributed by atoms with Gasteiger partial charge in [0.2, 0.25) is 11.8 Å². The van der Waals surface area contributed by atoms with Crippen LogP contribution in [0.5, 0.6) is 0 Å². The van der Waals surface area contributed by atoms with E-state index in [0.29, 0.717) is 37.4 Å². The summed E-state index contributed by atoms with van der Waals surface area (Å²) >= 11 is 1.43. The molecule has 0 bridgehead atoms. The van der Waals surface area contributed by atoms with E-state index in [1.807, 2.05) is 13.8 Å². The number of hydrogen-bond acceptors (Lipinski definition) is 10. The summed E-state index contributed by atoms with van der Waals surface area (Å²) in [7, 11) is 0. The first-order chi connectivity index (χ1) is 17.7. The summed E-state index contributed by atoms with van der Waals surface area (Å²) in [6.07, 6.45) is 2.17. The number of β-lactam (4-membered cyclic amide) rings is 1. The molecule has 1 aromatic heterocycles. The van der Waals surface area contributed by atoms with Gasteiger partial charge >= 0.3 is 5.97 Å². The number of β-amino-alcohol motifs (C(OH)–C–C–N with tert-alkyl or cyclic N) is 1. The Morgan fingerprint density at radius 2 is 2.11 bits per heavy atom. The van der Waals surface area contributed by atoms with Crippen molar-refractivity contribution in [1.29, 1.82) is 0 Å². The van der Waals surface area contributed by atoms with Gasteiger partial charge in [0.05, 0.1) is 24.1 Å². The number of aliphatic carboxylic acids is 1. The number of Topliss-reactive ketones (excluding diaryl/α,β-unsaturated/α-hetero) is 1. The molecule has 13 nitrogen and oxygen atoms in total. The number of amides is 2. The number of carboxylic acid groups (broad SMARTS) is 1. The molecule has 4 aliphatic heterocycles. The number of rotatable bonds is 9. The van der Waals surface area contributed by atoms with E-state index in [1.54, 1.807) is 4.90 Å². The molecule has 0 saturated carbocycles. The zero-order valence-electron chi connectivity index (χ0n) is 20.7. The second-order valence-electron chi connectivity index (χ2n) is 10.4. The molecule has 3 fully saturated rings. The lowest BCUT2D eigenvalue weighted by Crippen LogP contribution is -2.62. The van der Waals surface area contributed by atoms with E-state index in [1.165, 1.54) is 27.7 Å². The molecule has 5 rings (SSSR count). The fraction of sp³-hybridized carbons (Fsp3) is 0.696. The summed E-state index contributed by atoms with van der Waals surface area (Å²) in [6.45, 7) is 5.23. The minimum atomic E-state index is -1.14. The second-order valence-corrected chi connectivity index (χ2v) is 11.8. The number of carbonyl (C=O) groups excluding carboxylic acids is 3. The zero-order valence-corrected chi connectivity index (χ0v) is 21.5. The van der Waals surface area contributed by atoms with Crippen LogP contribution in [0.25, 0.3) is 0 Å². The number of nitrogens with zero attached hydrogens (tertiary/aromatic N) is 6. The van der Waals surface area contributed by atoms with Crippen LogP contribution in [0.1, 0.15) is 33.1 Å². The number of aliphatic hydroxyl groups is 1. The number of tetrazole rings is 1. The maximum Gasteiger partial charge on any atom is 0.353 e. The third-order valence-electron chi connectivity index (χ3n) is 7.84. The van der Waals surface area contributed by atoms with Gasteiger partial charge < -0.3 is 25.3 Å². The lowest BCUT2D eigenvalue weighted by atomic mass is 9.73. The van der Waals surface area contributed by atoms with Gasteiger partial charge in [0.25, 0.3) is 0 Å². The van der Waals surface area contributed by atoms with Gasteiger partial charge in [-0.15, -0.1) is 16.9 Å². The van der Waals surface area contributed by atoms with Crippen molar-refractivity contribution >= 4 is 35.3 Å². The predicted octanol–water partition coefficient (Wildman–Crippen LogP) is -0.902. The van der Waals surface area contributed by atoms with E-state index >= 15 is 0 Å². The smallest absolute Gasteiger partial charge is 0.353 e.